The molecule has 112 valence electrons. The molecule has 0 aliphatic rings. The van der Waals surface area contributed by atoms with Gasteiger partial charge in [0.15, 0.2) is 0 Å². The molecular weight excluding hydrogens is 283 g/mol. The van der Waals surface area contributed by atoms with Crippen LogP contribution in [0.25, 0.3) is 6.20 Å². The number of methoxy groups -OCH3 is 1. The van der Waals surface area contributed by atoms with E-state index < -0.39 is 11.7 Å². The zero-order valence-electron chi connectivity index (χ0n) is 11.3. The van der Waals surface area contributed by atoms with Gasteiger partial charge in [-0.25, -0.2) is 4.68 Å². The van der Waals surface area contributed by atoms with E-state index in [4.69, 9.17) is 4.74 Å². The van der Waals surface area contributed by atoms with E-state index in [-0.39, 0.29) is 18.0 Å². The van der Waals surface area contributed by atoms with Crippen LogP contribution in [-0.4, -0.2) is 16.9 Å². The number of nitrogens with zero attached hydrogens (tertiary/aromatic N) is 2. The van der Waals surface area contributed by atoms with Gasteiger partial charge < -0.3 is 10.1 Å². The lowest BCUT2D eigenvalue weighted by molar-refractivity contribution is -0.137. The summed E-state index contributed by atoms with van der Waals surface area (Å²) < 4.78 is 45.4. The zero-order valence-corrected chi connectivity index (χ0v) is 11.3. The van der Waals surface area contributed by atoms with Gasteiger partial charge in [-0.1, -0.05) is 6.58 Å². The van der Waals surface area contributed by atoms with Gasteiger partial charge in [0, 0.05) is 30.2 Å². The maximum Gasteiger partial charge on any atom is 0.418 e. The summed E-state index contributed by atoms with van der Waals surface area (Å²) >= 11 is 0. The van der Waals surface area contributed by atoms with Crippen LogP contribution >= 0.6 is 0 Å². The number of alkyl halides is 3. The fourth-order valence-electron chi connectivity index (χ4n) is 1.80. The van der Waals surface area contributed by atoms with Gasteiger partial charge in [-0.2, -0.15) is 18.3 Å². The molecule has 1 aromatic heterocycles. The summed E-state index contributed by atoms with van der Waals surface area (Å²) in [5.41, 5.74) is -0.0218. The highest BCUT2D eigenvalue weighted by Crippen LogP contribution is 2.37. The highest BCUT2D eigenvalue weighted by Gasteiger charge is 2.34. The van der Waals surface area contributed by atoms with Crippen LogP contribution in [0.2, 0.25) is 0 Å². The molecule has 1 aromatic carbocycles. The average molecular weight is 297 g/mol. The van der Waals surface area contributed by atoms with Crippen molar-refractivity contribution < 1.29 is 17.9 Å². The van der Waals surface area contributed by atoms with E-state index in [1.807, 2.05) is 0 Å². The Labute approximate surface area is 119 Å². The Kier molecular flexibility index (Phi) is 4.21. The summed E-state index contributed by atoms with van der Waals surface area (Å²) in [5.74, 6) is 0.160. The lowest BCUT2D eigenvalue weighted by atomic mass is 10.1. The highest BCUT2D eigenvalue weighted by molar-refractivity contribution is 5.55. The second-order valence-corrected chi connectivity index (χ2v) is 4.27. The van der Waals surface area contributed by atoms with Crippen molar-refractivity contribution in [2.24, 2.45) is 0 Å². The van der Waals surface area contributed by atoms with E-state index in [9.17, 15) is 13.2 Å². The van der Waals surface area contributed by atoms with E-state index in [0.717, 1.165) is 11.6 Å². The smallest absolute Gasteiger partial charge is 0.418 e. The Morgan fingerprint density at radius 2 is 2.19 bits per heavy atom. The standard InChI is InChI=1S/C14H14F3N3O/c1-3-20-9-10(8-19-20)7-18-13-5-4-11(21-2)6-12(13)14(15,16)17/h3-6,8-9,18H,1,7H2,2H3. The van der Waals surface area contributed by atoms with Crippen molar-refractivity contribution in [1.29, 1.82) is 0 Å². The first kappa shape index (κ1) is 15.0. The molecule has 0 aliphatic carbocycles. The summed E-state index contributed by atoms with van der Waals surface area (Å²) in [6.45, 7) is 3.77. The van der Waals surface area contributed by atoms with E-state index in [0.29, 0.717) is 0 Å². The molecule has 21 heavy (non-hydrogen) atoms. The van der Waals surface area contributed by atoms with Crippen molar-refractivity contribution >= 4 is 11.9 Å². The normalized spacial score (nSPS) is 11.2. The number of benzene rings is 1. The average Bonchev–Trinajstić information content (AvgIpc) is 2.92. The maximum absolute atomic E-state index is 13.0. The van der Waals surface area contributed by atoms with Gasteiger partial charge in [-0.15, -0.1) is 0 Å². The van der Waals surface area contributed by atoms with Gasteiger partial charge in [0.1, 0.15) is 5.75 Å². The second-order valence-electron chi connectivity index (χ2n) is 4.27. The molecule has 0 amide bonds. The fraction of sp³-hybridized carbons (Fsp3) is 0.214. The Hall–Kier alpha value is -2.44. The first-order valence-electron chi connectivity index (χ1n) is 6.08. The molecule has 0 saturated carbocycles. The predicted octanol–water partition coefficient (Wildman–Crippen LogP) is 3.62. The molecule has 0 unspecified atom stereocenters. The molecule has 0 aliphatic heterocycles. The summed E-state index contributed by atoms with van der Waals surface area (Å²) in [6, 6.07) is 3.79. The summed E-state index contributed by atoms with van der Waals surface area (Å²) in [4.78, 5) is 0. The number of halogens is 3. The monoisotopic (exact) mass is 297 g/mol. The first-order valence-corrected chi connectivity index (χ1v) is 6.08. The van der Waals surface area contributed by atoms with E-state index >= 15 is 0 Å². The first-order chi connectivity index (χ1) is 9.94. The van der Waals surface area contributed by atoms with Crippen LogP contribution in [0, 0.1) is 0 Å². The van der Waals surface area contributed by atoms with Crippen LogP contribution in [-0.2, 0) is 12.7 Å². The second kappa shape index (κ2) is 5.90. The van der Waals surface area contributed by atoms with Crippen LogP contribution in [0.1, 0.15) is 11.1 Å². The third-order valence-corrected chi connectivity index (χ3v) is 2.86. The van der Waals surface area contributed by atoms with E-state index in [1.54, 1.807) is 12.4 Å². The van der Waals surface area contributed by atoms with Gasteiger partial charge >= 0.3 is 6.18 Å². The van der Waals surface area contributed by atoms with Gasteiger partial charge in [0.25, 0.3) is 0 Å². The SMILES string of the molecule is C=Cn1cc(CNc2ccc(OC)cc2C(F)(F)F)cn1. The van der Waals surface area contributed by atoms with Crippen molar-refractivity contribution in [3.63, 3.8) is 0 Å². The maximum atomic E-state index is 13.0. The Morgan fingerprint density at radius 1 is 1.43 bits per heavy atom. The number of aromatic nitrogens is 2. The third-order valence-electron chi connectivity index (χ3n) is 2.86. The molecule has 1 heterocycles. The summed E-state index contributed by atoms with van der Waals surface area (Å²) in [7, 11) is 1.33. The quantitative estimate of drug-likeness (QED) is 0.916. The number of hydrogen-bond donors (Lipinski definition) is 1. The van der Waals surface area contributed by atoms with Crippen molar-refractivity contribution in [3.05, 3.63) is 48.3 Å². The van der Waals surface area contributed by atoms with Crippen molar-refractivity contribution in [2.75, 3.05) is 12.4 Å². The van der Waals surface area contributed by atoms with Crippen LogP contribution in [0.3, 0.4) is 0 Å². The molecule has 0 spiro atoms. The molecule has 0 fully saturated rings. The van der Waals surface area contributed by atoms with Gasteiger partial charge in [0.05, 0.1) is 18.9 Å². The zero-order chi connectivity index (χ0) is 15.5. The van der Waals surface area contributed by atoms with E-state index in [2.05, 4.69) is 17.0 Å². The predicted molar refractivity (Wildman–Crippen MR) is 73.9 cm³/mol. The lowest BCUT2D eigenvalue weighted by Crippen LogP contribution is -2.11. The largest absolute Gasteiger partial charge is 0.497 e. The summed E-state index contributed by atoms with van der Waals surface area (Å²) in [5, 5.41) is 6.72. The van der Waals surface area contributed by atoms with Gasteiger partial charge in [0.2, 0.25) is 0 Å². The molecule has 2 aromatic rings. The topological polar surface area (TPSA) is 39.1 Å². The molecule has 0 bridgehead atoms. The van der Waals surface area contributed by atoms with Crippen LogP contribution in [0.15, 0.2) is 37.2 Å². The molecule has 0 saturated heterocycles. The van der Waals surface area contributed by atoms with Crippen molar-refractivity contribution in [3.8, 4) is 5.75 Å². The van der Waals surface area contributed by atoms with Gasteiger partial charge in [-0.3, -0.25) is 0 Å². The molecule has 0 radical (unpaired) electrons. The fourth-order valence-corrected chi connectivity index (χ4v) is 1.80. The number of anilines is 1. The molecule has 0 atom stereocenters. The molecule has 2 rings (SSSR count). The number of nitrogens with one attached hydrogen (secondary N) is 1. The molecular formula is C14H14F3N3O. The number of rotatable bonds is 5. The highest BCUT2D eigenvalue weighted by atomic mass is 19.4. The van der Waals surface area contributed by atoms with Crippen molar-refractivity contribution in [1.82, 2.24) is 9.78 Å². The number of hydrogen-bond acceptors (Lipinski definition) is 3. The third kappa shape index (κ3) is 3.56. The Bertz CT molecular complexity index is 635. The summed E-state index contributed by atoms with van der Waals surface area (Å²) in [6.07, 6.45) is 0.280. The molecule has 7 heteroatoms. The van der Waals surface area contributed by atoms with Crippen LogP contribution < -0.4 is 10.1 Å². The minimum atomic E-state index is -4.46. The Morgan fingerprint density at radius 3 is 2.76 bits per heavy atom. The minimum Gasteiger partial charge on any atom is -0.497 e. The lowest BCUT2D eigenvalue weighted by Gasteiger charge is -2.15. The van der Waals surface area contributed by atoms with Crippen LogP contribution in [0.5, 0.6) is 5.75 Å². The minimum absolute atomic E-state index is 0.00495. The van der Waals surface area contributed by atoms with Crippen LogP contribution in [0.4, 0.5) is 18.9 Å². The van der Waals surface area contributed by atoms with Gasteiger partial charge in [-0.05, 0) is 18.2 Å². The van der Waals surface area contributed by atoms with E-state index in [1.165, 1.54) is 30.1 Å². The Balaban J connectivity index is 2.20. The molecule has 4 nitrogen and oxygen atoms in total. The van der Waals surface area contributed by atoms with Crippen molar-refractivity contribution in [2.45, 2.75) is 12.7 Å². The number of ether oxygens (including phenoxy) is 1. The molecule has 1 N–H and O–H groups in total.